The van der Waals surface area contributed by atoms with E-state index in [0.29, 0.717) is 31.9 Å². The van der Waals surface area contributed by atoms with Crippen molar-refractivity contribution in [3.8, 4) is 22.6 Å². The van der Waals surface area contributed by atoms with Crippen molar-refractivity contribution in [2.75, 3.05) is 11.1 Å². The molecule has 0 radical (unpaired) electrons. The number of amides is 1. The van der Waals surface area contributed by atoms with Gasteiger partial charge in [-0.3, -0.25) is 9.36 Å². The van der Waals surface area contributed by atoms with Gasteiger partial charge in [-0.1, -0.05) is 48.8 Å². The number of rotatable bonds is 8. The third-order valence-corrected chi connectivity index (χ3v) is 8.40. The van der Waals surface area contributed by atoms with E-state index in [2.05, 4.69) is 64.2 Å². The van der Waals surface area contributed by atoms with Crippen molar-refractivity contribution in [1.82, 2.24) is 19.7 Å². The first-order valence-corrected chi connectivity index (χ1v) is 14.1. The molecule has 1 aromatic carbocycles. The zero-order valence-electron chi connectivity index (χ0n) is 19.0. The number of thiazole rings is 1. The van der Waals surface area contributed by atoms with Crippen LogP contribution < -0.4 is 5.32 Å². The molecule has 1 amide bonds. The minimum atomic E-state index is -0.161. The number of aromatic nitrogens is 4. The van der Waals surface area contributed by atoms with Crippen molar-refractivity contribution in [3.63, 3.8) is 0 Å². The lowest BCUT2D eigenvalue weighted by atomic mass is 10.1. The van der Waals surface area contributed by atoms with Crippen molar-refractivity contribution in [3.05, 3.63) is 49.9 Å². The number of halogens is 2. The molecule has 3 aromatic heterocycles. The van der Waals surface area contributed by atoms with Gasteiger partial charge < -0.3 is 5.32 Å². The largest absolute Gasteiger partial charge is 0.301 e. The fourth-order valence-electron chi connectivity index (χ4n) is 3.25. The molecule has 0 bridgehead atoms. The molecule has 4 aromatic rings. The van der Waals surface area contributed by atoms with Gasteiger partial charge in [0.25, 0.3) is 0 Å². The summed E-state index contributed by atoms with van der Waals surface area (Å²) in [5.41, 5.74) is 2.52. The fraction of sp³-hybridized carbons (Fsp3) is 0.304. The standard InChI is InChI=1S/C23H23Cl2N5OS3/c1-12(2)19-7-14(9-32-19)21-28-29-23(30(21)13(3)4)34-11-20(31)27-22-26-18(10-33-22)16-6-5-15(24)8-17(16)25/h5-10,12-13H,11H2,1-4H3,(H,26,27,31). The van der Waals surface area contributed by atoms with Crippen LogP contribution in [0.25, 0.3) is 22.6 Å². The predicted octanol–water partition coefficient (Wildman–Crippen LogP) is 7.87. The highest BCUT2D eigenvalue weighted by atomic mass is 35.5. The number of nitrogens with zero attached hydrogens (tertiary/aromatic N) is 4. The zero-order chi connectivity index (χ0) is 24.4. The summed E-state index contributed by atoms with van der Waals surface area (Å²) in [5.74, 6) is 1.33. The molecule has 0 unspecified atom stereocenters. The van der Waals surface area contributed by atoms with Crippen LogP contribution in [0.4, 0.5) is 5.13 Å². The van der Waals surface area contributed by atoms with Crippen molar-refractivity contribution >= 4 is 68.7 Å². The summed E-state index contributed by atoms with van der Waals surface area (Å²) in [4.78, 5) is 18.4. The summed E-state index contributed by atoms with van der Waals surface area (Å²) < 4.78 is 2.08. The Labute approximate surface area is 220 Å². The van der Waals surface area contributed by atoms with Gasteiger partial charge in [0.1, 0.15) is 0 Å². The van der Waals surface area contributed by atoms with E-state index in [1.165, 1.54) is 28.0 Å². The topological polar surface area (TPSA) is 72.7 Å². The molecule has 34 heavy (non-hydrogen) atoms. The van der Waals surface area contributed by atoms with Gasteiger partial charge in [-0.05, 0) is 44.0 Å². The molecule has 0 spiro atoms. The summed E-state index contributed by atoms with van der Waals surface area (Å²) in [7, 11) is 0. The minimum Gasteiger partial charge on any atom is -0.301 e. The highest BCUT2D eigenvalue weighted by molar-refractivity contribution is 7.99. The zero-order valence-corrected chi connectivity index (χ0v) is 23.0. The number of benzene rings is 1. The number of thiophene rings is 1. The van der Waals surface area contributed by atoms with Gasteiger partial charge in [-0.25, -0.2) is 4.98 Å². The summed E-state index contributed by atoms with van der Waals surface area (Å²) >= 11 is 16.7. The van der Waals surface area contributed by atoms with Gasteiger partial charge in [0.15, 0.2) is 16.1 Å². The first kappa shape index (κ1) is 25.2. The van der Waals surface area contributed by atoms with Gasteiger partial charge in [-0.2, -0.15) is 0 Å². The highest BCUT2D eigenvalue weighted by Crippen LogP contribution is 2.34. The molecule has 6 nitrogen and oxygen atoms in total. The van der Waals surface area contributed by atoms with Crippen molar-refractivity contribution in [2.24, 2.45) is 0 Å². The van der Waals surface area contributed by atoms with Crippen molar-refractivity contribution < 1.29 is 4.79 Å². The summed E-state index contributed by atoms with van der Waals surface area (Å²) in [5, 5.41) is 17.9. The number of thioether (sulfide) groups is 1. The average molecular weight is 553 g/mol. The molecular weight excluding hydrogens is 529 g/mol. The first-order valence-electron chi connectivity index (χ1n) is 10.6. The number of hydrogen-bond acceptors (Lipinski definition) is 7. The molecule has 0 aliphatic rings. The molecule has 0 aliphatic heterocycles. The van der Waals surface area contributed by atoms with Crippen LogP contribution in [0.2, 0.25) is 10.0 Å². The number of anilines is 1. The Morgan fingerprint density at radius 1 is 1.12 bits per heavy atom. The van der Waals surface area contributed by atoms with E-state index in [-0.39, 0.29) is 17.7 Å². The van der Waals surface area contributed by atoms with Crippen molar-refractivity contribution in [2.45, 2.75) is 44.8 Å². The van der Waals surface area contributed by atoms with E-state index < -0.39 is 0 Å². The van der Waals surface area contributed by atoms with Gasteiger partial charge in [0, 0.05) is 37.8 Å². The molecule has 0 atom stereocenters. The maximum Gasteiger partial charge on any atom is 0.236 e. The maximum absolute atomic E-state index is 12.6. The van der Waals surface area contributed by atoms with Gasteiger partial charge in [0.05, 0.1) is 16.5 Å². The molecular formula is C23H23Cl2N5OS3. The monoisotopic (exact) mass is 551 g/mol. The second kappa shape index (κ2) is 10.8. The Bertz CT molecular complexity index is 1310. The molecule has 0 aliphatic carbocycles. The smallest absolute Gasteiger partial charge is 0.236 e. The summed E-state index contributed by atoms with van der Waals surface area (Å²) in [6.07, 6.45) is 0. The van der Waals surface area contributed by atoms with Crippen LogP contribution in [0.1, 0.15) is 44.5 Å². The Morgan fingerprint density at radius 2 is 1.91 bits per heavy atom. The molecule has 0 fully saturated rings. The SMILES string of the molecule is CC(C)c1cc(-c2nnc(SCC(=O)Nc3nc(-c4ccc(Cl)cc4Cl)cs3)n2C(C)C)cs1. The lowest BCUT2D eigenvalue weighted by Crippen LogP contribution is -2.15. The number of carbonyl (C=O) groups is 1. The number of carbonyl (C=O) groups excluding carboxylic acids is 1. The summed E-state index contributed by atoms with van der Waals surface area (Å²) in [6, 6.07) is 7.58. The lowest BCUT2D eigenvalue weighted by molar-refractivity contribution is -0.113. The Morgan fingerprint density at radius 3 is 2.59 bits per heavy atom. The highest BCUT2D eigenvalue weighted by Gasteiger charge is 2.20. The van der Waals surface area contributed by atoms with E-state index >= 15 is 0 Å². The first-order chi connectivity index (χ1) is 16.2. The third kappa shape index (κ3) is 5.66. The molecule has 1 N–H and O–H groups in total. The average Bonchev–Trinajstić information content (AvgIpc) is 3.51. The van der Waals surface area contributed by atoms with Crippen LogP contribution >= 0.6 is 57.6 Å². The van der Waals surface area contributed by atoms with Crippen LogP contribution in [0.15, 0.2) is 40.2 Å². The van der Waals surface area contributed by atoms with Gasteiger partial charge in [0.2, 0.25) is 5.91 Å². The normalized spacial score (nSPS) is 11.5. The number of hydrogen-bond donors (Lipinski definition) is 1. The minimum absolute atomic E-state index is 0.156. The molecule has 0 saturated carbocycles. The van der Waals surface area contributed by atoms with Crippen LogP contribution in [0.5, 0.6) is 0 Å². The van der Waals surface area contributed by atoms with Gasteiger partial charge in [-0.15, -0.1) is 32.9 Å². The van der Waals surface area contributed by atoms with Gasteiger partial charge >= 0.3 is 0 Å². The van der Waals surface area contributed by atoms with Crippen LogP contribution in [0.3, 0.4) is 0 Å². The molecule has 0 saturated heterocycles. The molecule has 4 rings (SSSR count). The molecule has 178 valence electrons. The Kier molecular flexibility index (Phi) is 7.99. The van der Waals surface area contributed by atoms with Crippen molar-refractivity contribution in [1.29, 1.82) is 0 Å². The Balaban J connectivity index is 1.43. The second-order valence-electron chi connectivity index (χ2n) is 8.16. The van der Waals surface area contributed by atoms with Crippen LogP contribution in [0, 0.1) is 0 Å². The van der Waals surface area contributed by atoms with E-state index in [0.717, 1.165) is 17.0 Å². The van der Waals surface area contributed by atoms with E-state index in [1.54, 1.807) is 23.5 Å². The number of nitrogens with one attached hydrogen (secondary N) is 1. The second-order valence-corrected chi connectivity index (χ2v) is 11.7. The fourth-order valence-corrected chi connectivity index (χ4v) is 6.25. The molecule has 3 heterocycles. The quantitative estimate of drug-likeness (QED) is 0.225. The van der Waals surface area contributed by atoms with E-state index in [4.69, 9.17) is 23.2 Å². The lowest BCUT2D eigenvalue weighted by Gasteiger charge is -2.13. The van der Waals surface area contributed by atoms with Crippen LogP contribution in [-0.4, -0.2) is 31.4 Å². The van der Waals surface area contributed by atoms with E-state index in [1.807, 2.05) is 11.4 Å². The van der Waals surface area contributed by atoms with Crippen LogP contribution in [-0.2, 0) is 4.79 Å². The predicted molar refractivity (Wildman–Crippen MR) is 145 cm³/mol. The summed E-state index contributed by atoms with van der Waals surface area (Å²) in [6.45, 7) is 8.54. The molecule has 11 heteroatoms. The third-order valence-electron chi connectivity index (χ3n) is 4.92. The Hall–Kier alpha value is -1.91. The van der Waals surface area contributed by atoms with E-state index in [9.17, 15) is 4.79 Å². The maximum atomic E-state index is 12.6.